The molecule has 1 fully saturated rings. The average Bonchev–Trinajstić information content (AvgIpc) is 2.32. The molecule has 0 saturated carbocycles. The molecule has 0 spiro atoms. The van der Waals surface area contributed by atoms with Gasteiger partial charge in [0.15, 0.2) is 5.60 Å². The van der Waals surface area contributed by atoms with E-state index in [4.69, 9.17) is 22.1 Å². The largest absolute Gasteiger partial charge is 0.367 e. The number of ether oxygens (including phenoxy) is 1. The molecule has 1 unspecified atom stereocenters. The molecule has 4 nitrogen and oxygen atoms in total. The summed E-state index contributed by atoms with van der Waals surface area (Å²) in [6.07, 6.45) is 0. The third kappa shape index (κ3) is 3.02. The highest BCUT2D eigenvalue weighted by atomic mass is 35.5. The lowest BCUT2D eigenvalue weighted by Crippen LogP contribution is -2.56. The number of hydrogen-bond donors (Lipinski definition) is 1. The lowest BCUT2D eigenvalue weighted by molar-refractivity contribution is -0.153. The van der Waals surface area contributed by atoms with Gasteiger partial charge >= 0.3 is 0 Å². The van der Waals surface area contributed by atoms with E-state index in [0.717, 1.165) is 23.7 Å². The van der Waals surface area contributed by atoms with Gasteiger partial charge < -0.3 is 10.5 Å². The summed E-state index contributed by atoms with van der Waals surface area (Å²) >= 11 is 5.85. The molecule has 2 rings (SSSR count). The van der Waals surface area contributed by atoms with Crippen LogP contribution in [0.2, 0.25) is 5.02 Å². The number of nitrogens with zero attached hydrogens (tertiary/aromatic N) is 1. The van der Waals surface area contributed by atoms with Crippen LogP contribution in [0.5, 0.6) is 0 Å². The van der Waals surface area contributed by atoms with Crippen LogP contribution >= 0.6 is 11.6 Å². The Labute approximate surface area is 112 Å². The zero-order valence-corrected chi connectivity index (χ0v) is 11.1. The Morgan fingerprint density at radius 2 is 2.17 bits per heavy atom. The Hall–Kier alpha value is -1.10. The molecule has 0 radical (unpaired) electrons. The van der Waals surface area contributed by atoms with Crippen molar-refractivity contribution in [1.82, 2.24) is 4.90 Å². The summed E-state index contributed by atoms with van der Waals surface area (Å²) in [5.74, 6) is -0.414. The molecule has 1 aliphatic rings. The van der Waals surface area contributed by atoms with Crippen molar-refractivity contribution >= 4 is 17.5 Å². The number of carbonyl (C=O) groups excluding carboxylic acids is 1. The van der Waals surface area contributed by atoms with Crippen molar-refractivity contribution in [1.29, 1.82) is 0 Å². The molecular weight excluding hydrogens is 252 g/mol. The molecule has 0 bridgehead atoms. The van der Waals surface area contributed by atoms with Crippen LogP contribution in [0.25, 0.3) is 0 Å². The van der Waals surface area contributed by atoms with Gasteiger partial charge in [-0.25, -0.2) is 0 Å². The molecule has 98 valence electrons. The molecule has 1 atom stereocenters. The molecule has 0 aliphatic carbocycles. The third-order valence-electron chi connectivity index (χ3n) is 3.19. The van der Waals surface area contributed by atoms with E-state index >= 15 is 0 Å². The second-order valence-electron chi connectivity index (χ2n) is 4.78. The second-order valence-corrected chi connectivity index (χ2v) is 5.22. The van der Waals surface area contributed by atoms with Crippen molar-refractivity contribution in [3.8, 4) is 0 Å². The fraction of sp³-hybridized carbons (Fsp3) is 0.462. The van der Waals surface area contributed by atoms with Gasteiger partial charge in [0, 0.05) is 24.7 Å². The molecule has 1 saturated heterocycles. The SMILES string of the molecule is CC1(C(N)=O)CN(Cc2ccc(Cl)cc2)CCO1. The first-order valence-electron chi connectivity index (χ1n) is 5.90. The first-order valence-corrected chi connectivity index (χ1v) is 6.28. The topological polar surface area (TPSA) is 55.6 Å². The van der Waals surface area contributed by atoms with Crippen molar-refractivity contribution in [2.24, 2.45) is 5.73 Å². The van der Waals surface area contributed by atoms with Crippen LogP contribution in [-0.2, 0) is 16.1 Å². The lowest BCUT2D eigenvalue weighted by Gasteiger charge is -2.38. The van der Waals surface area contributed by atoms with Crippen molar-refractivity contribution in [2.75, 3.05) is 19.7 Å². The van der Waals surface area contributed by atoms with E-state index < -0.39 is 11.5 Å². The molecule has 1 aromatic rings. The summed E-state index contributed by atoms with van der Waals surface area (Å²) < 4.78 is 5.48. The molecular formula is C13H17ClN2O2. The standard InChI is InChI=1S/C13H17ClN2O2/c1-13(12(15)17)9-16(6-7-18-13)8-10-2-4-11(14)5-3-10/h2-5H,6-9H2,1H3,(H2,15,17). The number of halogens is 1. The van der Waals surface area contributed by atoms with Gasteiger partial charge in [0.1, 0.15) is 0 Å². The number of morpholine rings is 1. The Morgan fingerprint density at radius 1 is 1.50 bits per heavy atom. The summed E-state index contributed by atoms with van der Waals surface area (Å²) in [5, 5.41) is 0.725. The lowest BCUT2D eigenvalue weighted by atomic mass is 10.0. The van der Waals surface area contributed by atoms with Gasteiger partial charge in [0.2, 0.25) is 0 Å². The fourth-order valence-electron chi connectivity index (χ4n) is 2.08. The first-order chi connectivity index (χ1) is 8.49. The molecule has 1 amide bonds. The van der Waals surface area contributed by atoms with Gasteiger partial charge in [-0.05, 0) is 24.6 Å². The minimum Gasteiger partial charge on any atom is -0.367 e. The van der Waals surface area contributed by atoms with E-state index in [-0.39, 0.29) is 0 Å². The van der Waals surface area contributed by atoms with E-state index in [1.54, 1.807) is 6.92 Å². The summed E-state index contributed by atoms with van der Waals surface area (Å²) in [6, 6.07) is 7.70. The maximum absolute atomic E-state index is 11.4. The zero-order valence-electron chi connectivity index (χ0n) is 10.4. The highest BCUT2D eigenvalue weighted by Crippen LogP contribution is 2.19. The smallest absolute Gasteiger partial charge is 0.250 e. The minimum atomic E-state index is -0.884. The fourth-order valence-corrected chi connectivity index (χ4v) is 2.21. The Kier molecular flexibility index (Phi) is 3.90. The normalized spacial score (nSPS) is 25.0. The monoisotopic (exact) mass is 268 g/mol. The molecule has 0 aromatic heterocycles. The van der Waals surface area contributed by atoms with Crippen LogP contribution in [-0.4, -0.2) is 36.1 Å². The van der Waals surface area contributed by atoms with Gasteiger partial charge in [0.25, 0.3) is 5.91 Å². The Morgan fingerprint density at radius 3 is 2.78 bits per heavy atom. The van der Waals surface area contributed by atoms with Crippen LogP contribution in [0.1, 0.15) is 12.5 Å². The Balaban J connectivity index is 2.02. The Bertz CT molecular complexity index is 435. The number of amides is 1. The molecule has 1 aliphatic heterocycles. The van der Waals surface area contributed by atoms with Crippen LogP contribution in [0.4, 0.5) is 0 Å². The maximum atomic E-state index is 11.4. The summed E-state index contributed by atoms with van der Waals surface area (Å²) in [4.78, 5) is 13.5. The van der Waals surface area contributed by atoms with E-state index in [0.29, 0.717) is 13.2 Å². The molecule has 18 heavy (non-hydrogen) atoms. The van der Waals surface area contributed by atoms with Crippen LogP contribution < -0.4 is 5.73 Å². The van der Waals surface area contributed by atoms with Crippen LogP contribution in [0, 0.1) is 0 Å². The quantitative estimate of drug-likeness (QED) is 0.902. The van der Waals surface area contributed by atoms with Crippen molar-refractivity contribution in [2.45, 2.75) is 19.1 Å². The average molecular weight is 269 g/mol. The van der Waals surface area contributed by atoms with Crippen LogP contribution in [0.15, 0.2) is 24.3 Å². The summed E-state index contributed by atoms with van der Waals surface area (Å²) in [5.41, 5.74) is 5.64. The van der Waals surface area contributed by atoms with Gasteiger partial charge in [0.05, 0.1) is 6.61 Å². The highest BCUT2D eigenvalue weighted by molar-refractivity contribution is 6.30. The van der Waals surface area contributed by atoms with E-state index in [9.17, 15) is 4.79 Å². The van der Waals surface area contributed by atoms with Gasteiger partial charge in [-0.15, -0.1) is 0 Å². The minimum absolute atomic E-state index is 0.414. The van der Waals surface area contributed by atoms with Crippen LogP contribution in [0.3, 0.4) is 0 Å². The summed E-state index contributed by atoms with van der Waals surface area (Å²) in [6.45, 7) is 4.34. The van der Waals surface area contributed by atoms with Crippen molar-refractivity contribution < 1.29 is 9.53 Å². The molecule has 5 heteroatoms. The van der Waals surface area contributed by atoms with Gasteiger partial charge in [-0.3, -0.25) is 9.69 Å². The third-order valence-corrected chi connectivity index (χ3v) is 3.45. The highest BCUT2D eigenvalue weighted by Gasteiger charge is 2.37. The zero-order chi connectivity index (χ0) is 13.2. The molecule has 2 N–H and O–H groups in total. The summed E-state index contributed by atoms with van der Waals surface area (Å²) in [7, 11) is 0. The number of hydrogen-bond acceptors (Lipinski definition) is 3. The maximum Gasteiger partial charge on any atom is 0.250 e. The number of carbonyl (C=O) groups is 1. The molecule has 1 aromatic carbocycles. The van der Waals surface area contributed by atoms with Gasteiger partial charge in [-0.1, -0.05) is 23.7 Å². The van der Waals surface area contributed by atoms with Crippen molar-refractivity contribution in [3.05, 3.63) is 34.9 Å². The second kappa shape index (κ2) is 5.26. The number of rotatable bonds is 3. The van der Waals surface area contributed by atoms with E-state index in [1.165, 1.54) is 0 Å². The van der Waals surface area contributed by atoms with E-state index in [2.05, 4.69) is 4.90 Å². The number of benzene rings is 1. The number of primary amides is 1. The first kappa shape index (κ1) is 13.3. The predicted molar refractivity (Wildman–Crippen MR) is 70.3 cm³/mol. The van der Waals surface area contributed by atoms with Gasteiger partial charge in [-0.2, -0.15) is 0 Å². The van der Waals surface area contributed by atoms with Crippen molar-refractivity contribution in [3.63, 3.8) is 0 Å². The van der Waals surface area contributed by atoms with E-state index in [1.807, 2.05) is 24.3 Å². The number of nitrogens with two attached hydrogens (primary N) is 1. The predicted octanol–water partition coefficient (Wildman–Crippen LogP) is 1.42. The molecule has 1 heterocycles.